The highest BCUT2D eigenvalue weighted by Crippen LogP contribution is 2.41. The number of thiazole rings is 1. The van der Waals surface area contributed by atoms with Crippen LogP contribution in [0, 0.1) is 12.8 Å². The van der Waals surface area contributed by atoms with E-state index in [-0.39, 0.29) is 29.8 Å². The summed E-state index contributed by atoms with van der Waals surface area (Å²) in [6.45, 7) is 6.95. The Balaban J connectivity index is 1.38. The predicted molar refractivity (Wildman–Crippen MR) is 137 cm³/mol. The van der Waals surface area contributed by atoms with Crippen LogP contribution in [0.3, 0.4) is 0 Å². The number of benzene rings is 2. The van der Waals surface area contributed by atoms with Gasteiger partial charge in [-0.1, -0.05) is 35.9 Å². The number of aromatic nitrogens is 1. The molecule has 2 amide bonds. The molecule has 6 nitrogen and oxygen atoms in total. The second kappa shape index (κ2) is 9.82. The van der Waals surface area contributed by atoms with E-state index in [0.717, 1.165) is 47.7 Å². The number of ether oxygens (including phenoxy) is 1. The monoisotopic (exact) mass is 489 g/mol. The fourth-order valence-electron chi connectivity index (χ4n) is 4.56. The smallest absolute Gasteiger partial charge is 0.270 e. The van der Waals surface area contributed by atoms with Gasteiger partial charge in [0.1, 0.15) is 23.1 Å². The van der Waals surface area contributed by atoms with Crippen LogP contribution in [0.15, 0.2) is 47.8 Å². The third-order valence-electron chi connectivity index (χ3n) is 6.51. The highest BCUT2D eigenvalue weighted by Gasteiger charge is 2.39. The Bertz CT molecular complexity index is 1230. The molecule has 182 valence electrons. The zero-order chi connectivity index (χ0) is 24.5. The molecule has 3 aromatic rings. The molecule has 1 fully saturated rings. The normalized spacial score (nSPS) is 17.3. The molecule has 0 radical (unpaired) electrons. The van der Waals surface area contributed by atoms with E-state index in [1.807, 2.05) is 19.9 Å². The van der Waals surface area contributed by atoms with E-state index in [4.69, 9.17) is 4.74 Å². The Kier molecular flexibility index (Phi) is 6.60. The van der Waals surface area contributed by atoms with Crippen LogP contribution in [0.25, 0.3) is 0 Å². The maximum atomic E-state index is 13.2. The van der Waals surface area contributed by atoms with Gasteiger partial charge in [-0.15, -0.1) is 11.3 Å². The van der Waals surface area contributed by atoms with E-state index in [1.54, 1.807) is 5.38 Å². The fraction of sp³-hybridized carbons (Fsp3) is 0.393. The lowest BCUT2D eigenvalue weighted by Crippen LogP contribution is -2.41. The molecule has 1 unspecified atom stereocenters. The van der Waals surface area contributed by atoms with Crippen molar-refractivity contribution in [3.8, 4) is 5.75 Å². The lowest BCUT2D eigenvalue weighted by Gasteiger charge is -2.38. The van der Waals surface area contributed by atoms with E-state index in [2.05, 4.69) is 58.5 Å². The van der Waals surface area contributed by atoms with Gasteiger partial charge in [0.05, 0.1) is 6.04 Å². The van der Waals surface area contributed by atoms with Gasteiger partial charge in [-0.05, 0) is 68.9 Å². The first-order valence-electron chi connectivity index (χ1n) is 12.3. The molecule has 1 aromatic heterocycles. The Morgan fingerprint density at radius 1 is 1.17 bits per heavy atom. The molecule has 0 saturated heterocycles. The van der Waals surface area contributed by atoms with Crippen LogP contribution < -0.4 is 10.1 Å². The topological polar surface area (TPSA) is 71.5 Å². The summed E-state index contributed by atoms with van der Waals surface area (Å²) in [5, 5.41) is 5.37. The van der Waals surface area contributed by atoms with E-state index in [0.29, 0.717) is 12.3 Å². The van der Waals surface area contributed by atoms with Gasteiger partial charge in [-0.3, -0.25) is 9.59 Å². The highest BCUT2D eigenvalue weighted by molar-refractivity contribution is 7.09. The fourth-order valence-corrected chi connectivity index (χ4v) is 5.24. The van der Waals surface area contributed by atoms with Gasteiger partial charge >= 0.3 is 0 Å². The summed E-state index contributed by atoms with van der Waals surface area (Å²) in [7, 11) is 0. The zero-order valence-electron chi connectivity index (χ0n) is 20.4. The van der Waals surface area contributed by atoms with Crippen molar-refractivity contribution in [1.29, 1.82) is 0 Å². The van der Waals surface area contributed by atoms with E-state index in [1.165, 1.54) is 22.5 Å². The van der Waals surface area contributed by atoms with Crippen LogP contribution in [0.1, 0.15) is 70.5 Å². The Morgan fingerprint density at radius 2 is 1.94 bits per heavy atom. The molecule has 2 heterocycles. The average molecular weight is 490 g/mol. The molecular weight excluding hydrogens is 458 g/mol. The third-order valence-corrected chi connectivity index (χ3v) is 7.34. The van der Waals surface area contributed by atoms with Crippen LogP contribution in [0.2, 0.25) is 0 Å². The number of aryl methyl sites for hydroxylation is 1. The Hall–Kier alpha value is -3.19. The van der Waals surface area contributed by atoms with Crippen molar-refractivity contribution in [2.75, 3.05) is 6.54 Å². The van der Waals surface area contributed by atoms with Gasteiger partial charge in [0.15, 0.2) is 0 Å². The van der Waals surface area contributed by atoms with E-state index >= 15 is 0 Å². The summed E-state index contributed by atoms with van der Waals surface area (Å²) in [5.74, 6) is 1.01. The van der Waals surface area contributed by atoms with Crippen molar-refractivity contribution in [2.24, 2.45) is 5.92 Å². The molecule has 1 saturated carbocycles. The van der Waals surface area contributed by atoms with Crippen molar-refractivity contribution >= 4 is 23.2 Å². The molecule has 1 atom stereocenters. The van der Waals surface area contributed by atoms with Crippen LogP contribution >= 0.6 is 11.3 Å². The highest BCUT2D eigenvalue weighted by atomic mass is 32.1. The minimum atomic E-state index is -0.169. The average Bonchev–Trinajstić information content (AvgIpc) is 3.59. The predicted octanol–water partition coefficient (Wildman–Crippen LogP) is 5.05. The number of nitrogens with zero attached hydrogens (tertiary/aromatic N) is 2. The summed E-state index contributed by atoms with van der Waals surface area (Å²) in [6, 6.07) is 14.6. The van der Waals surface area contributed by atoms with Gasteiger partial charge in [-0.2, -0.15) is 0 Å². The molecule has 1 aliphatic carbocycles. The standard InChI is InChI=1S/C28H31N3O3S/c1-17(2)29-27(32)24-16-35-25(30-24)15-34-22-11-10-19-12-13-31(28(33)21-8-9-21)26(23(19)14-22)20-6-4-18(3)5-7-20/h4-7,10-11,14,16-17,21,26H,8-9,12-13,15H2,1-3H3,(H,29,32). The minimum absolute atomic E-state index is 0.0623. The first-order chi connectivity index (χ1) is 16.9. The Labute approximate surface area is 210 Å². The third kappa shape index (κ3) is 5.25. The van der Waals surface area contributed by atoms with Crippen molar-refractivity contribution in [1.82, 2.24) is 15.2 Å². The number of nitrogens with one attached hydrogen (secondary N) is 1. The van der Waals surface area contributed by atoms with E-state index in [9.17, 15) is 9.59 Å². The zero-order valence-corrected chi connectivity index (χ0v) is 21.2. The van der Waals surface area contributed by atoms with Gasteiger partial charge < -0.3 is 15.0 Å². The molecule has 7 heteroatoms. The number of hydrogen-bond acceptors (Lipinski definition) is 5. The number of amides is 2. The lowest BCUT2D eigenvalue weighted by molar-refractivity contribution is -0.134. The summed E-state index contributed by atoms with van der Waals surface area (Å²) in [4.78, 5) is 31.9. The van der Waals surface area contributed by atoms with Crippen molar-refractivity contribution in [3.05, 3.63) is 80.8 Å². The summed E-state index contributed by atoms with van der Waals surface area (Å²) in [6.07, 6.45) is 2.84. The molecule has 1 aliphatic heterocycles. The van der Waals surface area contributed by atoms with Crippen LogP contribution in [-0.2, 0) is 17.8 Å². The van der Waals surface area contributed by atoms with Gasteiger partial charge in [0.2, 0.25) is 5.91 Å². The summed E-state index contributed by atoms with van der Waals surface area (Å²) < 4.78 is 6.10. The molecule has 2 aromatic carbocycles. The maximum Gasteiger partial charge on any atom is 0.270 e. The SMILES string of the molecule is Cc1ccc(C2c3cc(OCc4nc(C(=O)NC(C)C)cs4)ccc3CCN2C(=O)C2CC2)cc1. The molecule has 1 N–H and O–H groups in total. The van der Waals surface area contributed by atoms with Gasteiger partial charge in [0, 0.05) is 23.9 Å². The largest absolute Gasteiger partial charge is 0.486 e. The molecule has 2 aliphatic rings. The summed E-state index contributed by atoms with van der Waals surface area (Å²) >= 11 is 1.42. The number of carbonyl (C=O) groups is 2. The summed E-state index contributed by atoms with van der Waals surface area (Å²) in [5.41, 5.74) is 5.13. The number of carbonyl (C=O) groups excluding carboxylic acids is 2. The quantitative estimate of drug-likeness (QED) is 0.504. The Morgan fingerprint density at radius 3 is 2.66 bits per heavy atom. The number of rotatable bonds is 7. The van der Waals surface area contributed by atoms with Gasteiger partial charge in [-0.25, -0.2) is 4.98 Å². The number of hydrogen-bond donors (Lipinski definition) is 1. The molecular formula is C28H31N3O3S. The molecule has 35 heavy (non-hydrogen) atoms. The second-order valence-corrected chi connectivity index (χ2v) is 10.7. The van der Waals surface area contributed by atoms with Crippen molar-refractivity contribution in [3.63, 3.8) is 0 Å². The van der Waals surface area contributed by atoms with Crippen LogP contribution in [0.4, 0.5) is 0 Å². The second-order valence-electron chi connectivity index (χ2n) is 9.77. The number of fused-ring (bicyclic) bond motifs is 1. The van der Waals surface area contributed by atoms with Crippen molar-refractivity contribution < 1.29 is 14.3 Å². The maximum absolute atomic E-state index is 13.2. The van der Waals surface area contributed by atoms with Crippen LogP contribution in [-0.4, -0.2) is 34.3 Å². The minimum Gasteiger partial charge on any atom is -0.486 e. The molecule has 0 spiro atoms. The lowest BCUT2D eigenvalue weighted by atomic mass is 9.87. The van der Waals surface area contributed by atoms with E-state index < -0.39 is 0 Å². The van der Waals surface area contributed by atoms with Crippen molar-refractivity contribution in [2.45, 2.75) is 58.7 Å². The molecule has 5 rings (SSSR count). The van der Waals surface area contributed by atoms with Crippen LogP contribution in [0.5, 0.6) is 5.75 Å². The molecule has 0 bridgehead atoms. The van der Waals surface area contributed by atoms with Gasteiger partial charge in [0.25, 0.3) is 5.91 Å². The first kappa shape index (κ1) is 23.5. The first-order valence-corrected chi connectivity index (χ1v) is 13.1.